The van der Waals surface area contributed by atoms with Crippen molar-refractivity contribution in [3.8, 4) is 11.5 Å². The van der Waals surface area contributed by atoms with Gasteiger partial charge >= 0.3 is 12.1 Å². The molecule has 0 aliphatic rings. The molecule has 1 N–H and O–H groups in total. The Kier molecular flexibility index (Phi) is 3.88. The van der Waals surface area contributed by atoms with Crippen LogP contribution in [0.25, 0.3) is 0 Å². The van der Waals surface area contributed by atoms with Crippen LogP contribution in [0.15, 0.2) is 42.5 Å². The zero-order valence-corrected chi connectivity index (χ0v) is 10.9. The van der Waals surface area contributed by atoms with Gasteiger partial charge in [-0.15, -0.1) is 0 Å². The number of hydrogen-bond donors (Lipinski definition) is 1. The lowest BCUT2D eigenvalue weighted by Crippen LogP contribution is -2.05. The lowest BCUT2D eigenvalue weighted by atomic mass is 10.1. The fraction of sp³-hybridized carbons (Fsp3) is 0.133. The van der Waals surface area contributed by atoms with Gasteiger partial charge in [-0.3, -0.25) is 0 Å². The summed E-state index contributed by atoms with van der Waals surface area (Å²) in [4.78, 5) is 11.0. The summed E-state index contributed by atoms with van der Waals surface area (Å²) in [5, 5.41) is 9.00. The number of ether oxygens (including phenoxy) is 1. The van der Waals surface area contributed by atoms with Crippen molar-refractivity contribution in [2.24, 2.45) is 0 Å². The van der Waals surface area contributed by atoms with E-state index in [1.165, 1.54) is 37.3 Å². The standard InChI is InChI=1S/C15H11F3O3/c1-9-12(14(19)20)6-3-7-13(9)21-11-5-2-4-10(8-11)15(16,17)18/h2-8H,1H3,(H,19,20). The second-order valence-electron chi connectivity index (χ2n) is 4.36. The summed E-state index contributed by atoms with van der Waals surface area (Å²) < 4.78 is 43.2. The molecule has 2 rings (SSSR count). The van der Waals surface area contributed by atoms with Crippen molar-refractivity contribution in [1.82, 2.24) is 0 Å². The van der Waals surface area contributed by atoms with E-state index in [0.29, 0.717) is 5.56 Å². The zero-order chi connectivity index (χ0) is 15.6. The smallest absolute Gasteiger partial charge is 0.416 e. The summed E-state index contributed by atoms with van der Waals surface area (Å²) in [6.07, 6.45) is -4.46. The number of halogens is 3. The summed E-state index contributed by atoms with van der Waals surface area (Å²) in [6.45, 7) is 1.53. The van der Waals surface area contributed by atoms with Crippen molar-refractivity contribution in [1.29, 1.82) is 0 Å². The van der Waals surface area contributed by atoms with Gasteiger partial charge in [0.1, 0.15) is 11.5 Å². The van der Waals surface area contributed by atoms with Crippen LogP contribution < -0.4 is 4.74 Å². The van der Waals surface area contributed by atoms with Crippen LogP contribution >= 0.6 is 0 Å². The summed E-state index contributed by atoms with van der Waals surface area (Å²) in [5.41, 5.74) is -0.436. The van der Waals surface area contributed by atoms with Crippen molar-refractivity contribution < 1.29 is 27.8 Å². The van der Waals surface area contributed by atoms with Crippen LogP contribution in [0.2, 0.25) is 0 Å². The SMILES string of the molecule is Cc1c(Oc2cccc(C(F)(F)F)c2)cccc1C(=O)O. The van der Waals surface area contributed by atoms with Crippen molar-refractivity contribution in [3.63, 3.8) is 0 Å². The number of hydrogen-bond acceptors (Lipinski definition) is 2. The summed E-state index contributed by atoms with van der Waals surface area (Å²) in [5.74, 6) is -0.924. The minimum absolute atomic E-state index is 0.00420. The highest BCUT2D eigenvalue weighted by Crippen LogP contribution is 2.33. The second kappa shape index (κ2) is 5.47. The van der Waals surface area contributed by atoms with Crippen LogP contribution in [0.3, 0.4) is 0 Å². The highest BCUT2D eigenvalue weighted by Gasteiger charge is 2.30. The molecule has 0 fully saturated rings. The van der Waals surface area contributed by atoms with E-state index in [1.807, 2.05) is 0 Å². The number of alkyl halides is 3. The lowest BCUT2D eigenvalue weighted by molar-refractivity contribution is -0.137. The molecule has 0 radical (unpaired) electrons. The molecular weight excluding hydrogens is 285 g/mol. The molecule has 0 spiro atoms. The number of rotatable bonds is 3. The lowest BCUT2D eigenvalue weighted by Gasteiger charge is -2.12. The molecule has 0 aliphatic carbocycles. The third-order valence-corrected chi connectivity index (χ3v) is 2.90. The molecule has 110 valence electrons. The maximum absolute atomic E-state index is 12.6. The van der Waals surface area contributed by atoms with E-state index in [0.717, 1.165) is 12.1 Å². The molecule has 6 heteroatoms. The van der Waals surface area contributed by atoms with E-state index in [-0.39, 0.29) is 17.1 Å². The Labute approximate surface area is 118 Å². The Morgan fingerprint density at radius 3 is 2.43 bits per heavy atom. The maximum Gasteiger partial charge on any atom is 0.416 e. The van der Waals surface area contributed by atoms with Crippen LogP contribution in [-0.2, 0) is 6.18 Å². The predicted octanol–water partition coefficient (Wildman–Crippen LogP) is 4.50. The van der Waals surface area contributed by atoms with E-state index in [9.17, 15) is 18.0 Å². The van der Waals surface area contributed by atoms with E-state index in [2.05, 4.69) is 0 Å². The van der Waals surface area contributed by atoms with E-state index < -0.39 is 17.7 Å². The maximum atomic E-state index is 12.6. The highest BCUT2D eigenvalue weighted by atomic mass is 19.4. The Morgan fingerprint density at radius 1 is 1.14 bits per heavy atom. The number of carboxylic acids is 1. The summed E-state index contributed by atoms with van der Waals surface area (Å²) >= 11 is 0. The van der Waals surface area contributed by atoms with Crippen LogP contribution in [-0.4, -0.2) is 11.1 Å². The molecule has 0 amide bonds. The molecule has 2 aromatic rings. The quantitative estimate of drug-likeness (QED) is 0.906. The Hall–Kier alpha value is -2.50. The van der Waals surface area contributed by atoms with Gasteiger partial charge in [0.05, 0.1) is 11.1 Å². The van der Waals surface area contributed by atoms with Gasteiger partial charge in [0, 0.05) is 5.56 Å². The van der Waals surface area contributed by atoms with Crippen LogP contribution in [0.5, 0.6) is 11.5 Å². The molecule has 0 heterocycles. The largest absolute Gasteiger partial charge is 0.478 e. The molecule has 3 nitrogen and oxygen atoms in total. The Balaban J connectivity index is 2.35. The fourth-order valence-corrected chi connectivity index (χ4v) is 1.82. The molecule has 0 atom stereocenters. The average molecular weight is 296 g/mol. The molecule has 0 aromatic heterocycles. The van der Waals surface area contributed by atoms with Gasteiger partial charge in [0.25, 0.3) is 0 Å². The summed E-state index contributed by atoms with van der Waals surface area (Å²) in [7, 11) is 0. The first kappa shape index (κ1) is 14.9. The molecular formula is C15H11F3O3. The molecule has 0 unspecified atom stereocenters. The first-order valence-electron chi connectivity index (χ1n) is 5.97. The van der Waals surface area contributed by atoms with E-state index in [4.69, 9.17) is 9.84 Å². The van der Waals surface area contributed by atoms with Gasteiger partial charge in [0.15, 0.2) is 0 Å². The van der Waals surface area contributed by atoms with Crippen LogP contribution in [0.4, 0.5) is 13.2 Å². The molecule has 2 aromatic carbocycles. The topological polar surface area (TPSA) is 46.5 Å². The van der Waals surface area contributed by atoms with Gasteiger partial charge < -0.3 is 9.84 Å². The second-order valence-corrected chi connectivity index (χ2v) is 4.36. The predicted molar refractivity (Wildman–Crippen MR) is 69.7 cm³/mol. The first-order valence-corrected chi connectivity index (χ1v) is 5.97. The Bertz CT molecular complexity index is 678. The molecule has 0 saturated heterocycles. The minimum Gasteiger partial charge on any atom is -0.478 e. The average Bonchev–Trinajstić information content (AvgIpc) is 2.40. The molecule has 0 aliphatic heterocycles. The fourth-order valence-electron chi connectivity index (χ4n) is 1.82. The van der Waals surface area contributed by atoms with Crippen molar-refractivity contribution in [2.45, 2.75) is 13.1 Å². The van der Waals surface area contributed by atoms with Gasteiger partial charge in [-0.2, -0.15) is 13.2 Å². The van der Waals surface area contributed by atoms with Gasteiger partial charge in [0.2, 0.25) is 0 Å². The monoisotopic (exact) mass is 296 g/mol. The van der Waals surface area contributed by atoms with E-state index in [1.54, 1.807) is 0 Å². The van der Waals surface area contributed by atoms with E-state index >= 15 is 0 Å². The highest BCUT2D eigenvalue weighted by molar-refractivity contribution is 5.90. The number of carbonyl (C=O) groups is 1. The van der Waals surface area contributed by atoms with Gasteiger partial charge in [-0.1, -0.05) is 12.1 Å². The van der Waals surface area contributed by atoms with Gasteiger partial charge in [-0.25, -0.2) is 4.79 Å². The number of aromatic carboxylic acids is 1. The zero-order valence-electron chi connectivity index (χ0n) is 10.9. The van der Waals surface area contributed by atoms with Gasteiger partial charge in [-0.05, 0) is 37.3 Å². The summed E-state index contributed by atoms with van der Waals surface area (Å²) in [6, 6.07) is 8.79. The first-order chi connectivity index (χ1) is 9.79. The normalized spacial score (nSPS) is 11.2. The van der Waals surface area contributed by atoms with Crippen LogP contribution in [0.1, 0.15) is 21.5 Å². The molecule has 21 heavy (non-hydrogen) atoms. The minimum atomic E-state index is -4.46. The molecule has 0 saturated carbocycles. The van der Waals surface area contributed by atoms with Crippen LogP contribution in [0, 0.1) is 6.92 Å². The Morgan fingerprint density at radius 2 is 1.81 bits per heavy atom. The van der Waals surface area contributed by atoms with Crippen molar-refractivity contribution in [2.75, 3.05) is 0 Å². The number of benzene rings is 2. The molecule has 0 bridgehead atoms. The third-order valence-electron chi connectivity index (χ3n) is 2.90. The van der Waals surface area contributed by atoms with Crippen molar-refractivity contribution in [3.05, 3.63) is 59.2 Å². The number of carboxylic acid groups (broad SMARTS) is 1. The third kappa shape index (κ3) is 3.34. The van der Waals surface area contributed by atoms with Crippen molar-refractivity contribution >= 4 is 5.97 Å².